The van der Waals surface area contributed by atoms with Crippen LogP contribution in [0.3, 0.4) is 0 Å². The first-order valence-electron chi connectivity index (χ1n) is 13.9. The lowest BCUT2D eigenvalue weighted by Crippen LogP contribution is -2.58. The van der Waals surface area contributed by atoms with Gasteiger partial charge in [0.05, 0.1) is 6.04 Å². The van der Waals surface area contributed by atoms with Gasteiger partial charge in [-0.1, -0.05) is 48.5 Å². The Hall–Kier alpha value is -4.18. The quantitative estimate of drug-likeness (QED) is 0.279. The van der Waals surface area contributed by atoms with Crippen molar-refractivity contribution in [2.75, 3.05) is 13.1 Å². The average Bonchev–Trinajstić information content (AvgIpc) is 3.61. The van der Waals surface area contributed by atoms with E-state index in [1.807, 2.05) is 54.6 Å². The van der Waals surface area contributed by atoms with Gasteiger partial charge < -0.3 is 30.9 Å². The Labute approximate surface area is 232 Å². The van der Waals surface area contributed by atoms with Gasteiger partial charge in [-0.3, -0.25) is 19.2 Å². The number of nitrogens with one attached hydrogen (secondary N) is 4. The monoisotopic (exact) mass is 545 g/mol. The standard InChI is InChI=1S/C30H35N5O5/c36-26(29(39)32-18-19-8-2-1-3-9-19)23(17-21-13-14-31-27(21)37)34-28(38)25-12-6-7-15-35(25)30(40)24-16-20-10-4-5-11-22(20)33-24/h1-5,8-11,16,21,23,25-26,33,36H,6-7,12-15,17-18H2,(H,31,37)(H,32,39)(H,34,38)/t21?,23-,25-,26?/m0/s1. The van der Waals surface area contributed by atoms with Crippen LogP contribution in [-0.2, 0) is 20.9 Å². The largest absolute Gasteiger partial charge is 0.381 e. The van der Waals surface area contributed by atoms with Crippen molar-refractivity contribution in [1.82, 2.24) is 25.8 Å². The molecular formula is C30H35N5O5. The van der Waals surface area contributed by atoms with Crippen molar-refractivity contribution in [1.29, 1.82) is 0 Å². The van der Waals surface area contributed by atoms with Crippen molar-refractivity contribution in [2.45, 2.75) is 56.8 Å². The molecule has 2 unspecified atom stereocenters. The third-order valence-corrected chi connectivity index (χ3v) is 7.81. The van der Waals surface area contributed by atoms with E-state index in [0.29, 0.717) is 31.6 Å². The van der Waals surface area contributed by atoms with Crippen molar-refractivity contribution < 1.29 is 24.3 Å². The maximum absolute atomic E-state index is 13.6. The molecule has 2 saturated heterocycles. The fourth-order valence-electron chi connectivity index (χ4n) is 5.58. The zero-order valence-electron chi connectivity index (χ0n) is 22.3. The molecule has 2 aromatic carbocycles. The molecule has 4 atom stereocenters. The number of aromatic amines is 1. The molecule has 2 aliphatic rings. The molecule has 3 heterocycles. The van der Waals surface area contributed by atoms with Crippen molar-refractivity contribution in [3.63, 3.8) is 0 Å². The number of carbonyl (C=O) groups is 4. The summed E-state index contributed by atoms with van der Waals surface area (Å²) in [6.45, 7) is 1.15. The molecule has 1 aromatic heterocycles. The minimum Gasteiger partial charge on any atom is -0.381 e. The van der Waals surface area contributed by atoms with Crippen LogP contribution in [0.15, 0.2) is 60.7 Å². The van der Waals surface area contributed by atoms with Gasteiger partial charge in [-0.25, -0.2) is 0 Å². The lowest BCUT2D eigenvalue weighted by atomic mass is 9.93. The summed E-state index contributed by atoms with van der Waals surface area (Å²) in [5.41, 5.74) is 2.11. The molecule has 3 aromatic rings. The van der Waals surface area contributed by atoms with E-state index in [0.717, 1.165) is 29.3 Å². The average molecular weight is 546 g/mol. The lowest BCUT2D eigenvalue weighted by molar-refractivity contribution is -0.135. The van der Waals surface area contributed by atoms with Gasteiger partial charge in [0, 0.05) is 36.5 Å². The number of hydrogen-bond donors (Lipinski definition) is 5. The van der Waals surface area contributed by atoms with Crippen LogP contribution in [0, 0.1) is 5.92 Å². The maximum atomic E-state index is 13.6. The second kappa shape index (κ2) is 12.3. The number of hydrogen-bond acceptors (Lipinski definition) is 5. The molecule has 10 nitrogen and oxygen atoms in total. The molecule has 0 saturated carbocycles. The fourth-order valence-corrected chi connectivity index (χ4v) is 5.58. The molecule has 5 N–H and O–H groups in total. The van der Waals surface area contributed by atoms with E-state index in [9.17, 15) is 24.3 Å². The van der Waals surface area contributed by atoms with Gasteiger partial charge in [0.15, 0.2) is 6.10 Å². The van der Waals surface area contributed by atoms with Gasteiger partial charge in [0.1, 0.15) is 11.7 Å². The molecule has 10 heteroatoms. The van der Waals surface area contributed by atoms with Crippen LogP contribution < -0.4 is 16.0 Å². The first-order chi connectivity index (χ1) is 19.4. The number of H-pyrrole nitrogens is 1. The number of aliphatic hydroxyl groups excluding tert-OH is 1. The third-order valence-electron chi connectivity index (χ3n) is 7.81. The molecule has 0 radical (unpaired) electrons. The number of aromatic nitrogens is 1. The maximum Gasteiger partial charge on any atom is 0.270 e. The van der Waals surface area contributed by atoms with Crippen molar-refractivity contribution >= 4 is 34.5 Å². The second-order valence-electron chi connectivity index (χ2n) is 10.6. The molecule has 210 valence electrons. The minimum atomic E-state index is -1.57. The van der Waals surface area contributed by atoms with E-state index in [1.54, 1.807) is 11.0 Å². The number of para-hydroxylation sites is 1. The third kappa shape index (κ3) is 6.17. The SMILES string of the molecule is O=C1NCCC1C[C@H](NC(=O)[C@@H]1CCCCN1C(=O)c1cc2ccccc2[nH]1)C(O)C(=O)NCc1ccccc1. The number of piperidine rings is 1. The molecule has 40 heavy (non-hydrogen) atoms. The molecule has 5 rings (SSSR count). The zero-order chi connectivity index (χ0) is 28.1. The molecular weight excluding hydrogens is 510 g/mol. The van der Waals surface area contributed by atoms with Crippen LogP contribution in [0.5, 0.6) is 0 Å². The van der Waals surface area contributed by atoms with Crippen LogP contribution >= 0.6 is 0 Å². The Morgan fingerprint density at radius 2 is 1.80 bits per heavy atom. The van der Waals surface area contributed by atoms with Gasteiger partial charge >= 0.3 is 0 Å². The van der Waals surface area contributed by atoms with E-state index in [2.05, 4.69) is 20.9 Å². The summed E-state index contributed by atoms with van der Waals surface area (Å²) >= 11 is 0. The summed E-state index contributed by atoms with van der Waals surface area (Å²) < 4.78 is 0. The van der Waals surface area contributed by atoms with E-state index in [-0.39, 0.29) is 24.8 Å². The van der Waals surface area contributed by atoms with Crippen LogP contribution in [0.4, 0.5) is 0 Å². The van der Waals surface area contributed by atoms with Crippen LogP contribution in [0.2, 0.25) is 0 Å². The smallest absolute Gasteiger partial charge is 0.270 e. The highest BCUT2D eigenvalue weighted by atomic mass is 16.3. The summed E-state index contributed by atoms with van der Waals surface area (Å²) in [6, 6.07) is 16.9. The first-order valence-corrected chi connectivity index (χ1v) is 13.9. The molecule has 4 amide bonds. The number of likely N-dealkylation sites (tertiary alicyclic amines) is 1. The molecule has 0 bridgehead atoms. The zero-order valence-corrected chi connectivity index (χ0v) is 22.3. The number of aliphatic hydroxyl groups is 1. The van der Waals surface area contributed by atoms with E-state index < -0.39 is 35.9 Å². The number of rotatable bonds is 9. The van der Waals surface area contributed by atoms with E-state index in [4.69, 9.17) is 0 Å². The first kappa shape index (κ1) is 27.4. The Morgan fingerprint density at radius 3 is 2.55 bits per heavy atom. The Balaban J connectivity index is 1.30. The van der Waals surface area contributed by atoms with Crippen molar-refractivity contribution in [2.24, 2.45) is 5.92 Å². The van der Waals surface area contributed by atoms with Crippen LogP contribution in [0.25, 0.3) is 10.9 Å². The summed E-state index contributed by atoms with van der Waals surface area (Å²) in [5, 5.41) is 20.3. The topological polar surface area (TPSA) is 144 Å². The number of carbonyl (C=O) groups excluding carboxylic acids is 4. The highest BCUT2D eigenvalue weighted by Gasteiger charge is 2.38. The summed E-state index contributed by atoms with van der Waals surface area (Å²) in [4.78, 5) is 57.1. The van der Waals surface area contributed by atoms with E-state index in [1.165, 1.54) is 0 Å². The number of fused-ring (bicyclic) bond motifs is 1. The van der Waals surface area contributed by atoms with Crippen molar-refractivity contribution in [3.8, 4) is 0 Å². The van der Waals surface area contributed by atoms with Gasteiger partial charge in [-0.15, -0.1) is 0 Å². The number of benzene rings is 2. The van der Waals surface area contributed by atoms with Gasteiger partial charge in [0.2, 0.25) is 11.8 Å². The predicted molar refractivity (Wildman–Crippen MR) is 149 cm³/mol. The Morgan fingerprint density at radius 1 is 1.02 bits per heavy atom. The lowest BCUT2D eigenvalue weighted by Gasteiger charge is -2.36. The Kier molecular flexibility index (Phi) is 8.45. The van der Waals surface area contributed by atoms with Crippen molar-refractivity contribution in [3.05, 3.63) is 71.9 Å². The predicted octanol–water partition coefficient (Wildman–Crippen LogP) is 1.85. The summed E-state index contributed by atoms with van der Waals surface area (Å²) in [5.74, 6) is -1.95. The molecule has 2 aliphatic heterocycles. The molecule has 2 fully saturated rings. The van der Waals surface area contributed by atoms with Gasteiger partial charge in [-0.2, -0.15) is 0 Å². The number of nitrogens with zero attached hydrogens (tertiary/aromatic N) is 1. The normalized spacial score (nSPS) is 20.5. The van der Waals surface area contributed by atoms with Crippen LogP contribution in [0.1, 0.15) is 48.2 Å². The van der Waals surface area contributed by atoms with Crippen LogP contribution in [-0.4, -0.2) is 69.9 Å². The Bertz CT molecular complexity index is 1340. The summed E-state index contributed by atoms with van der Waals surface area (Å²) in [7, 11) is 0. The molecule has 0 spiro atoms. The highest BCUT2D eigenvalue weighted by Crippen LogP contribution is 2.24. The van der Waals surface area contributed by atoms with Gasteiger partial charge in [-0.05, 0) is 49.8 Å². The number of amides is 4. The second-order valence-corrected chi connectivity index (χ2v) is 10.6. The van der Waals surface area contributed by atoms with Gasteiger partial charge in [0.25, 0.3) is 11.8 Å². The minimum absolute atomic E-state index is 0.111. The summed E-state index contributed by atoms with van der Waals surface area (Å²) in [6.07, 6.45) is 1.10. The van der Waals surface area contributed by atoms with E-state index >= 15 is 0 Å². The molecule has 0 aliphatic carbocycles. The highest BCUT2D eigenvalue weighted by molar-refractivity contribution is 6.00. The fraction of sp³-hybridized carbons (Fsp3) is 0.400.